The van der Waals surface area contributed by atoms with Crippen LogP contribution in [0.25, 0.3) is 6.08 Å². The van der Waals surface area contributed by atoms with E-state index in [4.69, 9.17) is 0 Å². The number of hydrogen-bond donors (Lipinski definition) is 1. The molecule has 0 bridgehead atoms. The lowest BCUT2D eigenvalue weighted by molar-refractivity contribution is -0.112. The van der Waals surface area contributed by atoms with Crippen LogP contribution in [0.2, 0.25) is 0 Å². The molecule has 0 aliphatic carbocycles. The van der Waals surface area contributed by atoms with Gasteiger partial charge in [-0.3, -0.25) is 4.79 Å². The van der Waals surface area contributed by atoms with Crippen molar-refractivity contribution in [2.45, 2.75) is 20.3 Å². The standard InChI is InChI=1S/C25H20BrFN2O/c1-16-7-10-24(17(2)11-16)29-25(30)21(15-28)13-20-14-22(26)9-8-18(20)12-19-5-3-4-6-23(19)27/h3-11,13-14H,12H2,1-2H3,(H,29,30)/b21-13+. The fraction of sp³-hybridized carbons (Fsp3) is 0.120. The predicted octanol–water partition coefficient (Wildman–Crippen LogP) is 6.34. The van der Waals surface area contributed by atoms with Gasteiger partial charge in [0.2, 0.25) is 0 Å². The van der Waals surface area contributed by atoms with Crippen molar-refractivity contribution in [2.24, 2.45) is 0 Å². The summed E-state index contributed by atoms with van der Waals surface area (Å²) in [4.78, 5) is 12.7. The fourth-order valence-electron chi connectivity index (χ4n) is 3.16. The number of carbonyl (C=O) groups is 1. The molecule has 0 spiro atoms. The molecule has 3 aromatic carbocycles. The molecule has 0 fully saturated rings. The molecule has 5 heteroatoms. The van der Waals surface area contributed by atoms with Crippen molar-refractivity contribution in [3.05, 3.63) is 104 Å². The van der Waals surface area contributed by atoms with Crippen LogP contribution >= 0.6 is 15.9 Å². The highest BCUT2D eigenvalue weighted by Gasteiger charge is 2.13. The molecule has 1 N–H and O–H groups in total. The SMILES string of the molecule is Cc1ccc(NC(=O)/C(C#N)=C/c2cc(Br)ccc2Cc2ccccc2F)c(C)c1. The largest absolute Gasteiger partial charge is 0.321 e. The van der Waals surface area contributed by atoms with Crippen LogP contribution in [0.4, 0.5) is 10.1 Å². The van der Waals surface area contributed by atoms with Gasteiger partial charge in [0.15, 0.2) is 0 Å². The molecule has 3 rings (SSSR count). The van der Waals surface area contributed by atoms with Gasteiger partial charge in [-0.25, -0.2) is 4.39 Å². The first-order chi connectivity index (χ1) is 14.4. The van der Waals surface area contributed by atoms with E-state index < -0.39 is 5.91 Å². The third-order valence-corrected chi connectivity index (χ3v) is 5.23. The van der Waals surface area contributed by atoms with E-state index in [-0.39, 0.29) is 11.4 Å². The van der Waals surface area contributed by atoms with E-state index in [1.54, 1.807) is 24.3 Å². The summed E-state index contributed by atoms with van der Waals surface area (Å²) >= 11 is 3.43. The molecular weight excluding hydrogens is 443 g/mol. The minimum Gasteiger partial charge on any atom is -0.321 e. The normalized spacial score (nSPS) is 11.1. The minimum absolute atomic E-state index is 0.0251. The van der Waals surface area contributed by atoms with Crippen molar-refractivity contribution in [3.63, 3.8) is 0 Å². The summed E-state index contributed by atoms with van der Waals surface area (Å²) in [5.41, 5.74) is 4.69. The van der Waals surface area contributed by atoms with Crippen LogP contribution in [0.1, 0.15) is 27.8 Å². The van der Waals surface area contributed by atoms with Crippen molar-refractivity contribution in [3.8, 4) is 6.07 Å². The number of carbonyl (C=O) groups excluding carboxylic acids is 1. The molecule has 0 radical (unpaired) electrons. The maximum Gasteiger partial charge on any atom is 0.266 e. The third-order valence-electron chi connectivity index (χ3n) is 4.74. The van der Waals surface area contributed by atoms with Crippen LogP contribution < -0.4 is 5.32 Å². The Labute approximate surface area is 184 Å². The van der Waals surface area contributed by atoms with E-state index in [1.807, 2.05) is 56.3 Å². The number of rotatable bonds is 5. The molecule has 1 amide bonds. The van der Waals surface area contributed by atoms with Gasteiger partial charge in [0.1, 0.15) is 17.5 Å². The molecule has 30 heavy (non-hydrogen) atoms. The van der Waals surface area contributed by atoms with Crippen molar-refractivity contribution >= 4 is 33.6 Å². The average molecular weight is 463 g/mol. The zero-order chi connectivity index (χ0) is 21.7. The highest BCUT2D eigenvalue weighted by atomic mass is 79.9. The molecule has 150 valence electrons. The minimum atomic E-state index is -0.485. The van der Waals surface area contributed by atoms with E-state index in [2.05, 4.69) is 21.2 Å². The number of amides is 1. The fourth-order valence-corrected chi connectivity index (χ4v) is 3.53. The predicted molar refractivity (Wildman–Crippen MR) is 121 cm³/mol. The van der Waals surface area contributed by atoms with Gasteiger partial charge in [0.25, 0.3) is 5.91 Å². The molecular formula is C25H20BrFN2O. The molecule has 3 aromatic rings. The Morgan fingerprint density at radius 3 is 2.57 bits per heavy atom. The van der Waals surface area contributed by atoms with Crippen LogP contribution in [0.15, 0.2) is 70.7 Å². The van der Waals surface area contributed by atoms with Gasteiger partial charge >= 0.3 is 0 Å². The number of nitrogens with zero attached hydrogens (tertiary/aromatic N) is 1. The highest BCUT2D eigenvalue weighted by Crippen LogP contribution is 2.24. The lowest BCUT2D eigenvalue weighted by atomic mass is 9.98. The Morgan fingerprint density at radius 1 is 1.10 bits per heavy atom. The summed E-state index contributed by atoms with van der Waals surface area (Å²) < 4.78 is 14.9. The van der Waals surface area contributed by atoms with E-state index in [1.165, 1.54) is 6.07 Å². The highest BCUT2D eigenvalue weighted by molar-refractivity contribution is 9.10. The quantitative estimate of drug-likeness (QED) is 0.355. The van der Waals surface area contributed by atoms with Crippen LogP contribution in [-0.2, 0) is 11.2 Å². The molecule has 0 aliphatic heterocycles. The van der Waals surface area contributed by atoms with Gasteiger partial charge in [-0.05, 0) is 66.4 Å². The maximum absolute atomic E-state index is 14.1. The van der Waals surface area contributed by atoms with Crippen molar-refractivity contribution in [1.82, 2.24) is 0 Å². The topological polar surface area (TPSA) is 52.9 Å². The zero-order valence-electron chi connectivity index (χ0n) is 16.7. The molecule has 0 atom stereocenters. The Balaban J connectivity index is 1.93. The summed E-state index contributed by atoms with van der Waals surface area (Å²) in [6, 6.07) is 19.8. The number of nitrogens with one attached hydrogen (secondary N) is 1. The van der Waals surface area contributed by atoms with Crippen LogP contribution in [0.3, 0.4) is 0 Å². The number of hydrogen-bond acceptors (Lipinski definition) is 2. The maximum atomic E-state index is 14.1. The molecule has 0 aromatic heterocycles. The van der Waals surface area contributed by atoms with E-state index >= 15 is 0 Å². The second-order valence-corrected chi connectivity index (χ2v) is 7.97. The monoisotopic (exact) mass is 462 g/mol. The zero-order valence-corrected chi connectivity index (χ0v) is 18.3. The molecule has 0 unspecified atom stereocenters. The summed E-state index contributed by atoms with van der Waals surface area (Å²) in [5.74, 6) is -0.773. The number of halogens is 2. The van der Waals surface area contributed by atoms with Crippen molar-refractivity contribution in [2.75, 3.05) is 5.32 Å². The van der Waals surface area contributed by atoms with E-state index in [0.29, 0.717) is 23.2 Å². The van der Waals surface area contributed by atoms with Gasteiger partial charge in [0.05, 0.1) is 0 Å². The second kappa shape index (κ2) is 9.51. The molecule has 3 nitrogen and oxygen atoms in total. The summed E-state index contributed by atoms with van der Waals surface area (Å²) in [6.07, 6.45) is 1.89. The number of anilines is 1. The Kier molecular flexibility index (Phi) is 6.81. The lowest BCUT2D eigenvalue weighted by Gasteiger charge is -2.11. The summed E-state index contributed by atoms with van der Waals surface area (Å²) in [5, 5.41) is 12.4. The van der Waals surface area contributed by atoms with E-state index in [9.17, 15) is 14.4 Å². The smallest absolute Gasteiger partial charge is 0.266 e. The third kappa shape index (κ3) is 5.22. The summed E-state index contributed by atoms with van der Waals surface area (Å²) in [6.45, 7) is 3.88. The molecule has 0 heterocycles. The lowest BCUT2D eigenvalue weighted by Crippen LogP contribution is -2.14. The first-order valence-electron chi connectivity index (χ1n) is 9.39. The second-order valence-electron chi connectivity index (χ2n) is 7.05. The Morgan fingerprint density at radius 2 is 1.87 bits per heavy atom. The van der Waals surface area contributed by atoms with Gasteiger partial charge in [0, 0.05) is 16.6 Å². The molecule has 0 aliphatic rings. The first kappa shape index (κ1) is 21.5. The first-order valence-corrected chi connectivity index (χ1v) is 10.2. The number of nitriles is 1. The number of benzene rings is 3. The van der Waals surface area contributed by atoms with E-state index in [0.717, 1.165) is 21.2 Å². The number of aryl methyl sites for hydroxylation is 2. The van der Waals surface area contributed by atoms with Crippen molar-refractivity contribution in [1.29, 1.82) is 5.26 Å². The molecule has 0 saturated carbocycles. The van der Waals surface area contributed by atoms with Gasteiger partial charge < -0.3 is 5.32 Å². The van der Waals surface area contributed by atoms with Crippen molar-refractivity contribution < 1.29 is 9.18 Å². The Hall–Kier alpha value is -3.23. The van der Waals surface area contributed by atoms with Gasteiger partial charge in [-0.1, -0.05) is 57.9 Å². The van der Waals surface area contributed by atoms with Gasteiger partial charge in [-0.2, -0.15) is 5.26 Å². The van der Waals surface area contributed by atoms with Gasteiger partial charge in [-0.15, -0.1) is 0 Å². The van der Waals surface area contributed by atoms with Crippen LogP contribution in [0, 0.1) is 31.0 Å². The van der Waals surface area contributed by atoms with Crippen LogP contribution in [-0.4, -0.2) is 5.91 Å². The average Bonchev–Trinajstić information content (AvgIpc) is 2.71. The Bertz CT molecular complexity index is 1180. The molecule has 0 saturated heterocycles. The summed E-state index contributed by atoms with van der Waals surface area (Å²) in [7, 11) is 0. The van der Waals surface area contributed by atoms with Crippen LogP contribution in [0.5, 0.6) is 0 Å².